The van der Waals surface area contributed by atoms with Crippen molar-refractivity contribution in [1.29, 1.82) is 0 Å². The van der Waals surface area contributed by atoms with E-state index in [1.165, 1.54) is 6.20 Å². The van der Waals surface area contributed by atoms with Crippen LogP contribution in [0.4, 0.5) is 20.3 Å². The van der Waals surface area contributed by atoms with Crippen molar-refractivity contribution in [2.24, 2.45) is 0 Å². The number of fused-ring (bicyclic) bond motifs is 1. The van der Waals surface area contributed by atoms with Crippen molar-refractivity contribution in [1.82, 2.24) is 15.0 Å². The van der Waals surface area contributed by atoms with E-state index in [1.54, 1.807) is 29.3 Å². The zero-order chi connectivity index (χ0) is 19.6. The molecule has 0 atom stereocenters. The van der Waals surface area contributed by atoms with Gasteiger partial charge in [-0.25, -0.2) is 18.7 Å². The Bertz CT molecular complexity index is 1010. The molecule has 8 heteroatoms. The lowest BCUT2D eigenvalue weighted by molar-refractivity contribution is -0.0102. The highest BCUT2D eigenvalue weighted by molar-refractivity contribution is 6.04. The van der Waals surface area contributed by atoms with Gasteiger partial charge in [-0.1, -0.05) is 12.1 Å². The molecule has 0 spiro atoms. The Morgan fingerprint density at radius 3 is 2.71 bits per heavy atom. The van der Waals surface area contributed by atoms with E-state index >= 15 is 0 Å². The maximum Gasteiger partial charge on any atom is 0.275 e. The number of alkyl halides is 2. The Labute approximate surface area is 160 Å². The SMILES string of the molecule is O=C(Nc1cccnc1N1CCCC(F)(F)CC1)c1cnc2ccccc2n1. The van der Waals surface area contributed by atoms with Gasteiger partial charge in [-0.2, -0.15) is 0 Å². The Balaban J connectivity index is 1.57. The number of hydrogen-bond donors (Lipinski definition) is 1. The minimum absolute atomic E-state index is 0.134. The van der Waals surface area contributed by atoms with Crippen LogP contribution in [0.1, 0.15) is 29.8 Å². The second-order valence-corrected chi connectivity index (χ2v) is 6.77. The molecule has 1 saturated heterocycles. The molecule has 1 aliphatic rings. The molecule has 3 heterocycles. The van der Waals surface area contributed by atoms with Crippen molar-refractivity contribution in [2.45, 2.75) is 25.2 Å². The molecule has 1 aromatic carbocycles. The number of nitrogens with zero attached hydrogens (tertiary/aromatic N) is 4. The van der Waals surface area contributed by atoms with Crippen molar-refractivity contribution in [2.75, 3.05) is 23.3 Å². The molecule has 6 nitrogen and oxygen atoms in total. The molecule has 3 aromatic rings. The van der Waals surface area contributed by atoms with E-state index < -0.39 is 11.8 Å². The summed E-state index contributed by atoms with van der Waals surface area (Å²) in [7, 11) is 0. The van der Waals surface area contributed by atoms with Crippen LogP contribution < -0.4 is 10.2 Å². The second-order valence-electron chi connectivity index (χ2n) is 6.77. The van der Waals surface area contributed by atoms with Crippen LogP contribution in [0.5, 0.6) is 0 Å². The molecule has 0 bridgehead atoms. The number of amides is 1. The van der Waals surface area contributed by atoms with E-state index in [2.05, 4.69) is 20.3 Å². The van der Waals surface area contributed by atoms with Gasteiger partial charge in [0.1, 0.15) is 5.69 Å². The molecule has 1 N–H and O–H groups in total. The summed E-state index contributed by atoms with van der Waals surface area (Å²) in [5, 5.41) is 2.80. The molecule has 0 radical (unpaired) electrons. The molecule has 144 valence electrons. The number of halogens is 2. The summed E-state index contributed by atoms with van der Waals surface area (Å²) < 4.78 is 27.4. The van der Waals surface area contributed by atoms with Crippen LogP contribution in [0.15, 0.2) is 48.8 Å². The molecule has 1 fully saturated rings. The lowest BCUT2D eigenvalue weighted by Gasteiger charge is -2.24. The number of anilines is 2. The monoisotopic (exact) mass is 383 g/mol. The van der Waals surface area contributed by atoms with Crippen LogP contribution in [0.3, 0.4) is 0 Å². The number of para-hydroxylation sites is 2. The molecule has 0 aliphatic carbocycles. The lowest BCUT2D eigenvalue weighted by Crippen LogP contribution is -2.28. The summed E-state index contributed by atoms with van der Waals surface area (Å²) >= 11 is 0. The van der Waals surface area contributed by atoms with Crippen molar-refractivity contribution in [3.8, 4) is 0 Å². The minimum atomic E-state index is -2.66. The topological polar surface area (TPSA) is 71.0 Å². The van der Waals surface area contributed by atoms with Gasteiger partial charge in [0.05, 0.1) is 22.9 Å². The van der Waals surface area contributed by atoms with Gasteiger partial charge in [-0.3, -0.25) is 9.78 Å². The fourth-order valence-corrected chi connectivity index (χ4v) is 3.28. The van der Waals surface area contributed by atoms with Gasteiger partial charge in [0, 0.05) is 32.1 Å². The first-order valence-corrected chi connectivity index (χ1v) is 9.13. The Morgan fingerprint density at radius 1 is 1.04 bits per heavy atom. The molecule has 0 saturated carbocycles. The summed E-state index contributed by atoms with van der Waals surface area (Å²) in [5.41, 5.74) is 1.96. The third-order valence-electron chi connectivity index (χ3n) is 4.73. The molecule has 0 unspecified atom stereocenters. The first-order chi connectivity index (χ1) is 13.5. The maximum absolute atomic E-state index is 13.7. The number of carbonyl (C=O) groups is 1. The second kappa shape index (κ2) is 7.46. The van der Waals surface area contributed by atoms with E-state index in [4.69, 9.17) is 0 Å². The molecule has 4 rings (SSSR count). The number of nitrogens with one attached hydrogen (secondary N) is 1. The summed E-state index contributed by atoms with van der Waals surface area (Å²) in [4.78, 5) is 27.4. The highest BCUT2D eigenvalue weighted by Gasteiger charge is 2.32. The van der Waals surface area contributed by atoms with Crippen LogP contribution >= 0.6 is 0 Å². The Morgan fingerprint density at radius 2 is 1.86 bits per heavy atom. The number of benzene rings is 1. The van der Waals surface area contributed by atoms with E-state index in [9.17, 15) is 13.6 Å². The first-order valence-electron chi connectivity index (χ1n) is 9.13. The van der Waals surface area contributed by atoms with Gasteiger partial charge < -0.3 is 10.2 Å². The van der Waals surface area contributed by atoms with Crippen molar-refractivity contribution >= 4 is 28.4 Å². The lowest BCUT2D eigenvalue weighted by atomic mass is 10.1. The van der Waals surface area contributed by atoms with Crippen LogP contribution in [0.25, 0.3) is 11.0 Å². The van der Waals surface area contributed by atoms with Crippen LogP contribution in [0, 0.1) is 0 Å². The Hall–Kier alpha value is -3.16. The van der Waals surface area contributed by atoms with Crippen molar-refractivity contribution < 1.29 is 13.6 Å². The third-order valence-corrected chi connectivity index (χ3v) is 4.73. The third kappa shape index (κ3) is 3.90. The summed E-state index contributed by atoms with van der Waals surface area (Å²) in [6, 6.07) is 10.7. The summed E-state index contributed by atoms with van der Waals surface area (Å²) in [6.45, 7) is 0.647. The number of rotatable bonds is 3. The number of carbonyl (C=O) groups excluding carboxylic acids is 1. The highest BCUT2D eigenvalue weighted by Crippen LogP contribution is 2.31. The van der Waals surface area contributed by atoms with Crippen LogP contribution in [-0.4, -0.2) is 39.9 Å². The number of hydrogen-bond acceptors (Lipinski definition) is 5. The van der Waals surface area contributed by atoms with Crippen molar-refractivity contribution in [3.63, 3.8) is 0 Å². The van der Waals surface area contributed by atoms with Gasteiger partial charge in [0.2, 0.25) is 5.92 Å². The average molecular weight is 383 g/mol. The molecule has 2 aromatic heterocycles. The van der Waals surface area contributed by atoms with E-state index in [0.717, 1.165) is 0 Å². The van der Waals surface area contributed by atoms with Gasteiger partial charge >= 0.3 is 0 Å². The average Bonchev–Trinajstić information content (AvgIpc) is 2.88. The van der Waals surface area contributed by atoms with E-state index in [1.807, 2.05) is 18.2 Å². The van der Waals surface area contributed by atoms with Gasteiger partial charge in [-0.05, 0) is 30.7 Å². The van der Waals surface area contributed by atoms with Crippen LogP contribution in [0.2, 0.25) is 0 Å². The van der Waals surface area contributed by atoms with E-state index in [-0.39, 0.29) is 25.1 Å². The maximum atomic E-state index is 13.7. The minimum Gasteiger partial charge on any atom is -0.355 e. The van der Waals surface area contributed by atoms with Gasteiger partial charge in [0.15, 0.2) is 5.82 Å². The standard InChI is InChI=1S/C20H19F2N5O/c21-20(22)8-4-11-27(12-9-20)18-16(7-3-10-23-18)26-19(28)17-13-24-14-5-1-2-6-15(14)25-17/h1-3,5-7,10,13H,4,8-9,11-12H2,(H,26,28). The van der Waals surface area contributed by atoms with E-state index in [0.29, 0.717) is 35.5 Å². The molecule has 1 aliphatic heterocycles. The fourth-order valence-electron chi connectivity index (χ4n) is 3.28. The number of aromatic nitrogens is 3. The molecular weight excluding hydrogens is 364 g/mol. The normalized spacial score (nSPS) is 16.6. The predicted octanol–water partition coefficient (Wildman–Crippen LogP) is 3.90. The fraction of sp³-hybridized carbons (Fsp3) is 0.300. The number of pyridine rings is 1. The predicted molar refractivity (Wildman–Crippen MR) is 103 cm³/mol. The van der Waals surface area contributed by atoms with Crippen molar-refractivity contribution in [3.05, 3.63) is 54.5 Å². The molecule has 28 heavy (non-hydrogen) atoms. The zero-order valence-electron chi connectivity index (χ0n) is 15.1. The van der Waals surface area contributed by atoms with Gasteiger partial charge in [0.25, 0.3) is 5.91 Å². The largest absolute Gasteiger partial charge is 0.355 e. The Kier molecular flexibility index (Phi) is 4.85. The quantitative estimate of drug-likeness (QED) is 0.743. The van der Waals surface area contributed by atoms with Gasteiger partial charge in [-0.15, -0.1) is 0 Å². The summed E-state index contributed by atoms with van der Waals surface area (Å²) in [6.07, 6.45) is 3.01. The highest BCUT2D eigenvalue weighted by atomic mass is 19.3. The smallest absolute Gasteiger partial charge is 0.275 e. The van der Waals surface area contributed by atoms with Crippen LogP contribution in [-0.2, 0) is 0 Å². The summed E-state index contributed by atoms with van der Waals surface area (Å²) in [5.74, 6) is -2.59. The molecular formula is C20H19F2N5O. The molecule has 1 amide bonds. The first kappa shape index (κ1) is 18.2. The zero-order valence-corrected chi connectivity index (χ0v) is 15.1.